The Kier molecular flexibility index (Phi) is 3.77. The molecule has 120 valence electrons. The van der Waals surface area contributed by atoms with E-state index >= 15 is 0 Å². The Labute approximate surface area is 132 Å². The third-order valence-corrected chi connectivity index (χ3v) is 3.74. The first-order valence-electron chi connectivity index (χ1n) is 6.93. The molecule has 0 spiro atoms. The zero-order valence-electron chi connectivity index (χ0n) is 13.0. The molecular weight excluding hydrogens is 302 g/mol. The summed E-state index contributed by atoms with van der Waals surface area (Å²) in [7, 11) is 2.57. The van der Waals surface area contributed by atoms with E-state index in [-0.39, 0.29) is 18.8 Å². The van der Waals surface area contributed by atoms with E-state index in [1.807, 2.05) is 0 Å². The summed E-state index contributed by atoms with van der Waals surface area (Å²) in [4.78, 5) is 28.2. The number of aromatic nitrogens is 1. The van der Waals surface area contributed by atoms with Crippen LogP contribution in [0.1, 0.15) is 21.6 Å². The van der Waals surface area contributed by atoms with Crippen LogP contribution in [0.4, 0.5) is 0 Å². The summed E-state index contributed by atoms with van der Waals surface area (Å²) < 4.78 is 20.2. The molecule has 2 heterocycles. The molecule has 0 unspecified atom stereocenters. The van der Waals surface area contributed by atoms with Gasteiger partial charge in [0.25, 0.3) is 0 Å². The first-order chi connectivity index (χ1) is 11.0. The van der Waals surface area contributed by atoms with E-state index in [0.717, 1.165) is 5.39 Å². The minimum Gasteiger partial charge on any atom is -0.469 e. The monoisotopic (exact) mass is 317 g/mol. The molecule has 3 rings (SSSR count). The average Bonchev–Trinajstić information content (AvgIpc) is 3.00. The Hall–Kier alpha value is -2.83. The number of benzene rings is 1. The van der Waals surface area contributed by atoms with E-state index in [2.05, 4.69) is 9.72 Å². The van der Waals surface area contributed by atoms with Crippen LogP contribution in [-0.2, 0) is 20.7 Å². The number of carbonyl (C=O) groups is 2. The largest absolute Gasteiger partial charge is 0.469 e. The molecule has 0 amide bonds. The third-order valence-electron chi connectivity index (χ3n) is 3.74. The number of methoxy groups -OCH3 is 2. The van der Waals surface area contributed by atoms with Crippen LogP contribution < -0.4 is 9.47 Å². The molecule has 2 aromatic rings. The number of ether oxygens (including phenoxy) is 4. The minimum absolute atomic E-state index is 0.119. The second-order valence-electron chi connectivity index (χ2n) is 5.03. The first-order valence-corrected chi connectivity index (χ1v) is 6.93. The van der Waals surface area contributed by atoms with Crippen LogP contribution >= 0.6 is 0 Å². The van der Waals surface area contributed by atoms with Gasteiger partial charge in [-0.3, -0.25) is 9.78 Å². The molecule has 0 radical (unpaired) electrons. The van der Waals surface area contributed by atoms with E-state index in [1.54, 1.807) is 19.1 Å². The van der Waals surface area contributed by atoms with E-state index < -0.39 is 11.9 Å². The molecule has 0 atom stereocenters. The van der Waals surface area contributed by atoms with Crippen molar-refractivity contribution in [2.24, 2.45) is 0 Å². The standard InChI is InChI=1S/C16H15NO6/c1-8-9-4-12-13(23-7-22-12)5-10(9)17-11(6-14(18)20-2)15(8)16(19)21-3/h4-5H,6-7H2,1-3H3. The molecule has 23 heavy (non-hydrogen) atoms. The molecular formula is C16H15NO6. The van der Waals surface area contributed by atoms with Crippen molar-refractivity contribution in [1.29, 1.82) is 0 Å². The fourth-order valence-electron chi connectivity index (χ4n) is 2.59. The van der Waals surface area contributed by atoms with Crippen molar-refractivity contribution in [2.45, 2.75) is 13.3 Å². The van der Waals surface area contributed by atoms with E-state index in [1.165, 1.54) is 14.2 Å². The maximum Gasteiger partial charge on any atom is 0.340 e. The Morgan fingerprint density at radius 1 is 1.17 bits per heavy atom. The fraction of sp³-hybridized carbons (Fsp3) is 0.312. The molecule has 0 N–H and O–H groups in total. The van der Waals surface area contributed by atoms with Gasteiger partial charge >= 0.3 is 11.9 Å². The molecule has 1 aromatic carbocycles. The Bertz CT molecular complexity index is 814. The molecule has 1 aromatic heterocycles. The highest BCUT2D eigenvalue weighted by Crippen LogP contribution is 2.37. The van der Waals surface area contributed by atoms with Crippen molar-refractivity contribution in [1.82, 2.24) is 4.98 Å². The highest BCUT2D eigenvalue weighted by molar-refractivity contribution is 6.00. The molecule has 1 aliphatic rings. The third kappa shape index (κ3) is 2.54. The van der Waals surface area contributed by atoms with Gasteiger partial charge in [0.1, 0.15) is 0 Å². The lowest BCUT2D eigenvalue weighted by molar-refractivity contribution is -0.139. The highest BCUT2D eigenvalue weighted by Gasteiger charge is 2.24. The van der Waals surface area contributed by atoms with E-state index in [4.69, 9.17) is 14.2 Å². The number of carbonyl (C=O) groups excluding carboxylic acids is 2. The van der Waals surface area contributed by atoms with Gasteiger partial charge in [0.05, 0.1) is 37.4 Å². The van der Waals surface area contributed by atoms with Crippen molar-refractivity contribution >= 4 is 22.8 Å². The van der Waals surface area contributed by atoms with Gasteiger partial charge in [-0.1, -0.05) is 0 Å². The van der Waals surface area contributed by atoms with Crippen molar-refractivity contribution in [2.75, 3.05) is 21.0 Å². The topological polar surface area (TPSA) is 84.0 Å². The highest BCUT2D eigenvalue weighted by atomic mass is 16.7. The second kappa shape index (κ2) is 5.75. The van der Waals surface area contributed by atoms with Gasteiger partial charge in [-0.15, -0.1) is 0 Å². The van der Waals surface area contributed by atoms with Gasteiger partial charge in [0.2, 0.25) is 6.79 Å². The van der Waals surface area contributed by atoms with Crippen molar-refractivity contribution in [3.63, 3.8) is 0 Å². The van der Waals surface area contributed by atoms with Gasteiger partial charge in [0, 0.05) is 11.5 Å². The Morgan fingerprint density at radius 2 is 1.87 bits per heavy atom. The maximum atomic E-state index is 12.1. The Balaban J connectivity index is 2.25. The number of pyridine rings is 1. The van der Waals surface area contributed by atoms with Crippen molar-refractivity contribution in [3.05, 3.63) is 29.0 Å². The quantitative estimate of drug-likeness (QED) is 0.798. The van der Waals surface area contributed by atoms with Gasteiger partial charge in [-0.05, 0) is 18.6 Å². The molecule has 7 heteroatoms. The summed E-state index contributed by atoms with van der Waals surface area (Å²) in [6, 6.07) is 3.50. The fourth-order valence-corrected chi connectivity index (χ4v) is 2.59. The summed E-state index contributed by atoms with van der Waals surface area (Å²) in [5.74, 6) is 0.147. The van der Waals surface area contributed by atoms with Crippen molar-refractivity contribution < 1.29 is 28.5 Å². The first kappa shape index (κ1) is 15.1. The lowest BCUT2D eigenvalue weighted by Gasteiger charge is -2.13. The van der Waals surface area contributed by atoms with Crippen LogP contribution in [0.25, 0.3) is 10.9 Å². The van der Waals surface area contributed by atoms with Crippen LogP contribution in [0.5, 0.6) is 11.5 Å². The van der Waals surface area contributed by atoms with Crippen LogP contribution in [-0.4, -0.2) is 37.9 Å². The lowest BCUT2D eigenvalue weighted by atomic mass is 9.99. The van der Waals surface area contributed by atoms with Crippen LogP contribution in [0.3, 0.4) is 0 Å². The molecule has 1 aliphatic heterocycles. The van der Waals surface area contributed by atoms with E-state index in [9.17, 15) is 9.59 Å². The van der Waals surface area contributed by atoms with Gasteiger partial charge in [-0.25, -0.2) is 4.79 Å². The summed E-state index contributed by atoms with van der Waals surface area (Å²) in [6.07, 6.45) is -0.119. The maximum absolute atomic E-state index is 12.1. The predicted octanol–water partition coefficient (Wildman–Crippen LogP) is 1.77. The number of aryl methyl sites for hydroxylation is 1. The molecule has 0 bridgehead atoms. The molecule has 0 fully saturated rings. The normalized spacial score (nSPS) is 12.3. The lowest BCUT2D eigenvalue weighted by Crippen LogP contribution is -2.15. The van der Waals surface area contributed by atoms with Crippen LogP contribution in [0.15, 0.2) is 12.1 Å². The SMILES string of the molecule is COC(=O)Cc1nc2cc3c(cc2c(C)c1C(=O)OC)OCO3. The molecule has 0 aliphatic carbocycles. The second-order valence-corrected chi connectivity index (χ2v) is 5.03. The number of esters is 2. The smallest absolute Gasteiger partial charge is 0.340 e. The van der Waals surface area contributed by atoms with Crippen LogP contribution in [0, 0.1) is 6.92 Å². The molecule has 0 saturated heterocycles. The van der Waals surface area contributed by atoms with Gasteiger partial charge in [0.15, 0.2) is 11.5 Å². The van der Waals surface area contributed by atoms with Crippen LogP contribution in [0.2, 0.25) is 0 Å². The predicted molar refractivity (Wildman–Crippen MR) is 79.7 cm³/mol. The number of fused-ring (bicyclic) bond motifs is 2. The number of nitrogens with zero attached hydrogens (tertiary/aromatic N) is 1. The number of rotatable bonds is 3. The summed E-state index contributed by atoms with van der Waals surface area (Å²) in [5.41, 5.74) is 1.86. The Morgan fingerprint density at radius 3 is 2.52 bits per heavy atom. The summed E-state index contributed by atoms with van der Waals surface area (Å²) in [6.45, 7) is 1.92. The summed E-state index contributed by atoms with van der Waals surface area (Å²) >= 11 is 0. The van der Waals surface area contributed by atoms with Crippen molar-refractivity contribution in [3.8, 4) is 11.5 Å². The minimum atomic E-state index is -0.548. The molecule has 7 nitrogen and oxygen atoms in total. The summed E-state index contributed by atoms with van der Waals surface area (Å²) in [5, 5.41) is 0.739. The van der Waals surface area contributed by atoms with Gasteiger partial charge < -0.3 is 18.9 Å². The van der Waals surface area contributed by atoms with Gasteiger partial charge in [-0.2, -0.15) is 0 Å². The number of hydrogen-bond donors (Lipinski definition) is 0. The zero-order valence-corrected chi connectivity index (χ0v) is 13.0. The average molecular weight is 317 g/mol. The molecule has 0 saturated carbocycles. The van der Waals surface area contributed by atoms with E-state index in [0.29, 0.717) is 28.3 Å². The zero-order chi connectivity index (χ0) is 16.6. The number of hydrogen-bond acceptors (Lipinski definition) is 7.